The van der Waals surface area contributed by atoms with Gasteiger partial charge in [0.1, 0.15) is 0 Å². The lowest BCUT2D eigenvalue weighted by Gasteiger charge is -2.43. The van der Waals surface area contributed by atoms with Gasteiger partial charge in [0.2, 0.25) is 0 Å². The fourth-order valence-electron chi connectivity index (χ4n) is 3.80. The third kappa shape index (κ3) is 4.36. The van der Waals surface area contributed by atoms with Gasteiger partial charge in [0.05, 0.1) is 31.9 Å². The number of pyridine rings is 1. The molecule has 7 heteroatoms. The van der Waals surface area contributed by atoms with Gasteiger partial charge >= 0.3 is 0 Å². The molecule has 2 aromatic rings. The first-order valence-electron chi connectivity index (χ1n) is 9.58. The van der Waals surface area contributed by atoms with Crippen molar-refractivity contribution in [2.24, 2.45) is 0 Å². The Labute approximate surface area is 170 Å². The number of nitrogens with zero attached hydrogens (tertiary/aromatic N) is 3. The monoisotopic (exact) mass is 401 g/mol. The molecule has 28 heavy (non-hydrogen) atoms. The van der Waals surface area contributed by atoms with Crippen molar-refractivity contribution in [2.75, 3.05) is 39.4 Å². The van der Waals surface area contributed by atoms with E-state index >= 15 is 0 Å². The summed E-state index contributed by atoms with van der Waals surface area (Å²) >= 11 is 6.35. The van der Waals surface area contributed by atoms with E-state index in [9.17, 15) is 4.79 Å². The van der Waals surface area contributed by atoms with E-state index in [1.807, 2.05) is 24.3 Å². The normalized spacial score (nSPS) is 23.5. The highest BCUT2D eigenvalue weighted by molar-refractivity contribution is 6.31. The van der Waals surface area contributed by atoms with Gasteiger partial charge < -0.3 is 14.4 Å². The number of aromatic nitrogens is 1. The number of ether oxygens (including phenoxy) is 2. The van der Waals surface area contributed by atoms with Crippen LogP contribution in [-0.2, 0) is 16.0 Å². The Morgan fingerprint density at radius 3 is 2.79 bits per heavy atom. The average molecular weight is 402 g/mol. The van der Waals surface area contributed by atoms with Crippen LogP contribution in [0.4, 0.5) is 0 Å². The van der Waals surface area contributed by atoms with Crippen molar-refractivity contribution in [3.05, 3.63) is 64.9 Å². The Morgan fingerprint density at radius 2 is 1.96 bits per heavy atom. The molecule has 1 unspecified atom stereocenters. The highest BCUT2D eigenvalue weighted by Crippen LogP contribution is 2.27. The standard InChI is InChI=1S/C21H24ClN3O3/c22-19-7-2-1-5-18(19)14-24-9-4-11-27-21(15-24)16-25(10-12-28-21)20(26)17-6-3-8-23-13-17/h1-3,5-8,13H,4,9-12,14-16H2. The second-order valence-electron chi connectivity index (χ2n) is 7.23. The zero-order valence-electron chi connectivity index (χ0n) is 15.7. The number of amides is 1. The molecular weight excluding hydrogens is 378 g/mol. The summed E-state index contributed by atoms with van der Waals surface area (Å²) in [6, 6.07) is 11.4. The lowest BCUT2D eigenvalue weighted by atomic mass is 10.1. The molecule has 1 aromatic heterocycles. The lowest BCUT2D eigenvalue weighted by Crippen LogP contribution is -2.59. The summed E-state index contributed by atoms with van der Waals surface area (Å²) < 4.78 is 12.2. The molecule has 0 N–H and O–H groups in total. The SMILES string of the molecule is O=C(c1cccnc1)N1CCOC2(CN(Cc3ccccc3Cl)CCCO2)C1. The first-order valence-corrected chi connectivity index (χ1v) is 9.96. The van der Waals surface area contributed by atoms with Crippen molar-refractivity contribution in [3.8, 4) is 0 Å². The molecule has 4 rings (SSSR count). The van der Waals surface area contributed by atoms with Crippen molar-refractivity contribution >= 4 is 17.5 Å². The fraction of sp³-hybridized carbons (Fsp3) is 0.429. The molecule has 1 aromatic carbocycles. The van der Waals surface area contributed by atoms with E-state index in [0.717, 1.165) is 30.1 Å². The van der Waals surface area contributed by atoms with Crippen LogP contribution in [0.1, 0.15) is 22.3 Å². The highest BCUT2D eigenvalue weighted by atomic mass is 35.5. The molecule has 0 radical (unpaired) electrons. The summed E-state index contributed by atoms with van der Waals surface area (Å²) in [6.45, 7) is 4.22. The maximum Gasteiger partial charge on any atom is 0.255 e. The fourth-order valence-corrected chi connectivity index (χ4v) is 4.00. The molecule has 1 amide bonds. The Kier molecular flexibility index (Phi) is 5.92. The van der Waals surface area contributed by atoms with Crippen LogP contribution in [0.15, 0.2) is 48.8 Å². The van der Waals surface area contributed by atoms with Crippen molar-refractivity contribution in [3.63, 3.8) is 0 Å². The Morgan fingerprint density at radius 1 is 1.11 bits per heavy atom. The molecule has 0 saturated carbocycles. The van der Waals surface area contributed by atoms with Crippen molar-refractivity contribution < 1.29 is 14.3 Å². The van der Waals surface area contributed by atoms with E-state index in [1.165, 1.54) is 0 Å². The summed E-state index contributed by atoms with van der Waals surface area (Å²) in [5.74, 6) is -0.852. The predicted octanol–water partition coefficient (Wildman–Crippen LogP) is 2.83. The van der Waals surface area contributed by atoms with Crippen molar-refractivity contribution in [1.29, 1.82) is 0 Å². The van der Waals surface area contributed by atoms with Gasteiger partial charge in [-0.3, -0.25) is 14.7 Å². The van der Waals surface area contributed by atoms with Gasteiger partial charge in [-0.2, -0.15) is 0 Å². The average Bonchev–Trinajstić information content (AvgIpc) is 2.92. The van der Waals surface area contributed by atoms with Crippen LogP contribution >= 0.6 is 11.6 Å². The molecule has 6 nitrogen and oxygen atoms in total. The van der Waals surface area contributed by atoms with Gasteiger partial charge in [-0.1, -0.05) is 29.8 Å². The lowest BCUT2D eigenvalue weighted by molar-refractivity contribution is -0.261. The molecule has 0 aliphatic carbocycles. The predicted molar refractivity (Wildman–Crippen MR) is 106 cm³/mol. The zero-order chi connectivity index (χ0) is 19.4. The van der Waals surface area contributed by atoms with Crippen LogP contribution in [-0.4, -0.2) is 65.9 Å². The zero-order valence-corrected chi connectivity index (χ0v) is 16.5. The van der Waals surface area contributed by atoms with Gasteiger partial charge in [-0.15, -0.1) is 0 Å². The molecule has 2 aliphatic rings. The third-order valence-electron chi connectivity index (χ3n) is 5.15. The van der Waals surface area contributed by atoms with E-state index in [2.05, 4.69) is 9.88 Å². The van der Waals surface area contributed by atoms with Gasteiger partial charge in [0.15, 0.2) is 5.79 Å². The van der Waals surface area contributed by atoms with Crippen molar-refractivity contribution in [1.82, 2.24) is 14.8 Å². The molecule has 0 bridgehead atoms. The summed E-state index contributed by atoms with van der Waals surface area (Å²) in [7, 11) is 0. The number of hydrogen-bond donors (Lipinski definition) is 0. The van der Waals surface area contributed by atoms with E-state index in [1.54, 1.807) is 29.4 Å². The summed E-state index contributed by atoms with van der Waals surface area (Å²) in [5.41, 5.74) is 1.67. The number of morpholine rings is 1. The maximum atomic E-state index is 12.9. The van der Waals surface area contributed by atoms with E-state index in [4.69, 9.17) is 21.1 Å². The molecule has 2 saturated heterocycles. The number of halogens is 1. The minimum Gasteiger partial charge on any atom is -0.347 e. The van der Waals surface area contributed by atoms with Crippen molar-refractivity contribution in [2.45, 2.75) is 18.8 Å². The molecule has 1 spiro atoms. The second kappa shape index (κ2) is 8.57. The Balaban J connectivity index is 1.49. The number of carbonyl (C=O) groups is 1. The molecule has 3 heterocycles. The first kappa shape index (κ1) is 19.3. The molecule has 148 valence electrons. The Hall–Kier alpha value is -1.99. The topological polar surface area (TPSA) is 54.9 Å². The van der Waals surface area contributed by atoms with E-state index in [0.29, 0.717) is 38.4 Å². The minimum absolute atomic E-state index is 0.0405. The summed E-state index contributed by atoms with van der Waals surface area (Å²) in [6.07, 6.45) is 4.17. The van der Waals surface area contributed by atoms with Gasteiger partial charge in [0, 0.05) is 37.1 Å². The van der Waals surface area contributed by atoms with Crippen LogP contribution in [0, 0.1) is 0 Å². The molecule has 2 aliphatic heterocycles. The number of hydrogen-bond acceptors (Lipinski definition) is 5. The Bertz CT molecular complexity index is 820. The minimum atomic E-state index is -0.812. The summed E-state index contributed by atoms with van der Waals surface area (Å²) in [5, 5.41) is 0.764. The second-order valence-corrected chi connectivity index (χ2v) is 7.64. The van der Waals surface area contributed by atoms with Crippen LogP contribution in [0.5, 0.6) is 0 Å². The van der Waals surface area contributed by atoms with Crippen LogP contribution in [0.25, 0.3) is 0 Å². The number of carbonyl (C=O) groups excluding carboxylic acids is 1. The van der Waals surface area contributed by atoms with Gasteiger partial charge in [-0.05, 0) is 30.2 Å². The number of rotatable bonds is 3. The van der Waals surface area contributed by atoms with Crippen LogP contribution in [0.2, 0.25) is 5.02 Å². The third-order valence-corrected chi connectivity index (χ3v) is 5.52. The number of benzene rings is 1. The summed E-state index contributed by atoms with van der Waals surface area (Å²) in [4.78, 5) is 21.0. The van der Waals surface area contributed by atoms with Gasteiger partial charge in [-0.25, -0.2) is 0 Å². The molecule has 1 atom stereocenters. The highest BCUT2D eigenvalue weighted by Gasteiger charge is 2.42. The van der Waals surface area contributed by atoms with Gasteiger partial charge in [0.25, 0.3) is 5.91 Å². The van der Waals surface area contributed by atoms with Crippen LogP contribution in [0.3, 0.4) is 0 Å². The van der Waals surface area contributed by atoms with E-state index in [-0.39, 0.29) is 5.91 Å². The maximum absolute atomic E-state index is 12.9. The quantitative estimate of drug-likeness (QED) is 0.791. The smallest absolute Gasteiger partial charge is 0.255 e. The molecule has 2 fully saturated rings. The van der Waals surface area contributed by atoms with Crippen LogP contribution < -0.4 is 0 Å². The molecular formula is C21H24ClN3O3. The largest absolute Gasteiger partial charge is 0.347 e. The first-order chi connectivity index (χ1) is 13.7. The van der Waals surface area contributed by atoms with E-state index < -0.39 is 5.79 Å².